The fourth-order valence-electron chi connectivity index (χ4n) is 3.73. The molecule has 164 valence electrons. The lowest BCUT2D eigenvalue weighted by Crippen LogP contribution is -2.18. The standard InChI is InChI=1S/C25H37N3O2/c1-6-7-8-9-10-11-12-23-20(4)27-28(21(23)5)25(30)16-15-24(29)26-22-14-13-18(2)19(3)17-22/h13-14,17H,6-12,15-16H2,1-5H3,(H,26,29). The molecule has 5 heteroatoms. The molecule has 1 heterocycles. The van der Waals surface area contributed by atoms with Crippen molar-refractivity contribution in [3.63, 3.8) is 0 Å². The van der Waals surface area contributed by atoms with Crippen molar-refractivity contribution in [3.8, 4) is 0 Å². The van der Waals surface area contributed by atoms with Gasteiger partial charge in [0.05, 0.1) is 5.69 Å². The van der Waals surface area contributed by atoms with E-state index in [-0.39, 0.29) is 24.7 Å². The Morgan fingerprint density at radius 3 is 2.33 bits per heavy atom. The Morgan fingerprint density at radius 1 is 0.933 bits per heavy atom. The lowest BCUT2D eigenvalue weighted by molar-refractivity contribution is -0.116. The van der Waals surface area contributed by atoms with Crippen LogP contribution in [0.1, 0.15) is 91.2 Å². The summed E-state index contributed by atoms with van der Waals surface area (Å²) in [5.41, 5.74) is 6.10. The highest BCUT2D eigenvalue weighted by atomic mass is 16.2. The number of hydrogen-bond acceptors (Lipinski definition) is 3. The molecular weight excluding hydrogens is 374 g/mol. The topological polar surface area (TPSA) is 64.0 Å². The molecule has 0 spiro atoms. The van der Waals surface area contributed by atoms with Crippen molar-refractivity contribution in [1.29, 1.82) is 0 Å². The lowest BCUT2D eigenvalue weighted by atomic mass is 10.0. The van der Waals surface area contributed by atoms with E-state index < -0.39 is 0 Å². The molecule has 0 aliphatic rings. The zero-order chi connectivity index (χ0) is 22.1. The summed E-state index contributed by atoms with van der Waals surface area (Å²) in [6.07, 6.45) is 8.75. The number of nitrogens with zero attached hydrogens (tertiary/aromatic N) is 2. The van der Waals surface area contributed by atoms with Crippen LogP contribution in [0.25, 0.3) is 0 Å². The van der Waals surface area contributed by atoms with E-state index in [2.05, 4.69) is 17.3 Å². The molecule has 1 aromatic heterocycles. The molecule has 0 radical (unpaired) electrons. The number of anilines is 1. The van der Waals surface area contributed by atoms with Gasteiger partial charge in [0.15, 0.2) is 0 Å². The largest absolute Gasteiger partial charge is 0.326 e. The van der Waals surface area contributed by atoms with E-state index >= 15 is 0 Å². The highest BCUT2D eigenvalue weighted by Gasteiger charge is 2.17. The van der Waals surface area contributed by atoms with Gasteiger partial charge in [0.25, 0.3) is 0 Å². The summed E-state index contributed by atoms with van der Waals surface area (Å²) >= 11 is 0. The van der Waals surface area contributed by atoms with Crippen molar-refractivity contribution in [2.24, 2.45) is 0 Å². The minimum absolute atomic E-state index is 0.125. The van der Waals surface area contributed by atoms with E-state index in [1.54, 1.807) is 0 Å². The normalized spacial score (nSPS) is 11.0. The quantitative estimate of drug-likeness (QED) is 0.456. The number of rotatable bonds is 11. The Bertz CT molecular complexity index is 868. The van der Waals surface area contributed by atoms with Crippen molar-refractivity contribution in [3.05, 3.63) is 46.3 Å². The summed E-state index contributed by atoms with van der Waals surface area (Å²) in [6.45, 7) is 10.2. The van der Waals surface area contributed by atoms with E-state index in [1.165, 1.54) is 47.9 Å². The molecule has 2 aromatic rings. The Hall–Kier alpha value is -2.43. The van der Waals surface area contributed by atoms with E-state index in [0.717, 1.165) is 35.5 Å². The third-order valence-electron chi connectivity index (χ3n) is 5.81. The molecule has 0 fully saturated rings. The zero-order valence-electron chi connectivity index (χ0n) is 19.3. The van der Waals surface area contributed by atoms with Crippen molar-refractivity contribution in [1.82, 2.24) is 9.78 Å². The van der Waals surface area contributed by atoms with Crippen LogP contribution in [0, 0.1) is 27.7 Å². The minimum Gasteiger partial charge on any atom is -0.326 e. The number of amides is 1. The second-order valence-corrected chi connectivity index (χ2v) is 8.32. The third kappa shape index (κ3) is 6.82. The predicted octanol–water partition coefficient (Wildman–Crippen LogP) is 6.08. The highest BCUT2D eigenvalue weighted by molar-refractivity contribution is 5.93. The van der Waals surface area contributed by atoms with Crippen LogP contribution in [0.5, 0.6) is 0 Å². The molecular formula is C25H37N3O2. The zero-order valence-corrected chi connectivity index (χ0v) is 19.3. The SMILES string of the molecule is CCCCCCCCc1c(C)nn(C(=O)CCC(=O)Nc2ccc(C)c(C)c2)c1C. The molecule has 30 heavy (non-hydrogen) atoms. The van der Waals surface area contributed by atoms with Gasteiger partial charge in [-0.2, -0.15) is 5.10 Å². The Balaban J connectivity index is 1.86. The van der Waals surface area contributed by atoms with Crippen molar-refractivity contribution < 1.29 is 9.59 Å². The molecule has 0 atom stereocenters. The first-order chi connectivity index (χ1) is 14.3. The molecule has 0 unspecified atom stereocenters. The van der Waals surface area contributed by atoms with Gasteiger partial charge in [0.2, 0.25) is 11.8 Å². The maximum absolute atomic E-state index is 12.7. The molecule has 1 N–H and O–H groups in total. The second kappa shape index (κ2) is 11.7. The number of carbonyl (C=O) groups is 2. The van der Waals surface area contributed by atoms with Gasteiger partial charge in [-0.1, -0.05) is 45.1 Å². The van der Waals surface area contributed by atoms with Crippen molar-refractivity contribution in [2.75, 3.05) is 5.32 Å². The number of aromatic nitrogens is 2. The minimum atomic E-state index is -0.152. The Morgan fingerprint density at radius 2 is 1.63 bits per heavy atom. The van der Waals surface area contributed by atoms with Crippen LogP contribution in [0.4, 0.5) is 5.69 Å². The van der Waals surface area contributed by atoms with E-state index in [9.17, 15) is 9.59 Å². The number of aryl methyl sites for hydroxylation is 3. The van der Waals surface area contributed by atoms with Gasteiger partial charge < -0.3 is 5.32 Å². The monoisotopic (exact) mass is 411 g/mol. The second-order valence-electron chi connectivity index (χ2n) is 8.32. The van der Waals surface area contributed by atoms with E-state index in [1.807, 2.05) is 45.9 Å². The molecule has 1 aromatic carbocycles. The van der Waals surface area contributed by atoms with Crippen LogP contribution in [0.3, 0.4) is 0 Å². The summed E-state index contributed by atoms with van der Waals surface area (Å²) < 4.78 is 1.49. The van der Waals surface area contributed by atoms with Crippen molar-refractivity contribution >= 4 is 17.5 Å². The average molecular weight is 412 g/mol. The number of carbonyl (C=O) groups excluding carboxylic acids is 2. The summed E-state index contributed by atoms with van der Waals surface area (Å²) in [7, 11) is 0. The Labute approximate surface area is 181 Å². The van der Waals surface area contributed by atoms with Crippen LogP contribution < -0.4 is 5.32 Å². The number of unbranched alkanes of at least 4 members (excludes halogenated alkanes) is 5. The van der Waals surface area contributed by atoms with E-state index in [0.29, 0.717) is 0 Å². The van der Waals surface area contributed by atoms with Crippen LogP contribution in [-0.2, 0) is 11.2 Å². The summed E-state index contributed by atoms with van der Waals surface area (Å²) in [4.78, 5) is 24.9. The molecule has 0 saturated carbocycles. The smallest absolute Gasteiger partial charge is 0.247 e. The maximum atomic E-state index is 12.7. The van der Waals surface area contributed by atoms with Crippen molar-refractivity contribution in [2.45, 2.75) is 92.4 Å². The first-order valence-electron chi connectivity index (χ1n) is 11.3. The van der Waals surface area contributed by atoms with Crippen LogP contribution in [0.2, 0.25) is 0 Å². The summed E-state index contributed by atoms with van der Waals surface area (Å²) in [5.74, 6) is -0.277. The van der Waals surface area contributed by atoms with E-state index in [4.69, 9.17) is 0 Å². The van der Waals surface area contributed by atoms with Gasteiger partial charge in [-0.25, -0.2) is 4.68 Å². The molecule has 0 aliphatic carbocycles. The average Bonchev–Trinajstić information content (AvgIpc) is 2.99. The first-order valence-corrected chi connectivity index (χ1v) is 11.3. The van der Waals surface area contributed by atoms with Gasteiger partial charge in [-0.15, -0.1) is 0 Å². The fraction of sp³-hybridized carbons (Fsp3) is 0.560. The molecule has 5 nitrogen and oxygen atoms in total. The lowest BCUT2D eigenvalue weighted by Gasteiger charge is -2.08. The van der Waals surface area contributed by atoms with Crippen LogP contribution >= 0.6 is 0 Å². The van der Waals surface area contributed by atoms with Gasteiger partial charge >= 0.3 is 0 Å². The van der Waals surface area contributed by atoms with Crippen LogP contribution in [-0.4, -0.2) is 21.6 Å². The van der Waals surface area contributed by atoms with Gasteiger partial charge in [0, 0.05) is 24.2 Å². The number of nitrogens with one attached hydrogen (secondary N) is 1. The number of benzene rings is 1. The molecule has 0 bridgehead atoms. The fourth-order valence-corrected chi connectivity index (χ4v) is 3.73. The van der Waals surface area contributed by atoms with Crippen LogP contribution in [0.15, 0.2) is 18.2 Å². The molecule has 0 aliphatic heterocycles. The highest BCUT2D eigenvalue weighted by Crippen LogP contribution is 2.18. The maximum Gasteiger partial charge on any atom is 0.247 e. The predicted molar refractivity (Wildman–Crippen MR) is 123 cm³/mol. The summed E-state index contributed by atoms with van der Waals surface area (Å²) in [5, 5.41) is 7.33. The van der Waals surface area contributed by atoms with Gasteiger partial charge in [0.1, 0.15) is 0 Å². The first kappa shape index (κ1) is 23.8. The molecule has 1 amide bonds. The molecule has 0 saturated heterocycles. The number of hydrogen-bond donors (Lipinski definition) is 1. The summed E-state index contributed by atoms with van der Waals surface area (Å²) in [6, 6.07) is 5.82. The third-order valence-corrected chi connectivity index (χ3v) is 5.81. The molecule has 2 rings (SSSR count). The van der Waals surface area contributed by atoms with Gasteiger partial charge in [-0.05, 0) is 69.4 Å². The van der Waals surface area contributed by atoms with Gasteiger partial charge in [-0.3, -0.25) is 9.59 Å². The Kier molecular flexibility index (Phi) is 9.28.